The molecule has 0 aliphatic carbocycles. The number of esters is 1. The van der Waals surface area contributed by atoms with Crippen LogP contribution in [0.1, 0.15) is 12.5 Å². The summed E-state index contributed by atoms with van der Waals surface area (Å²) in [5.74, 6) is -0.515. The molecule has 0 spiro atoms. The van der Waals surface area contributed by atoms with Gasteiger partial charge in [-0.15, -0.1) is 0 Å². The van der Waals surface area contributed by atoms with Gasteiger partial charge in [-0.3, -0.25) is 14.0 Å². The molecule has 1 aliphatic rings. The Balaban J connectivity index is 2.02. The molecule has 8 nitrogen and oxygen atoms in total. The van der Waals surface area contributed by atoms with E-state index in [1.54, 1.807) is 30.1 Å². The molecule has 0 unspecified atom stereocenters. The third kappa shape index (κ3) is 5.06. The molecule has 2 aromatic carbocycles. The van der Waals surface area contributed by atoms with Crippen LogP contribution in [0.25, 0.3) is 0 Å². The van der Waals surface area contributed by atoms with Crippen LogP contribution in [0.15, 0.2) is 41.3 Å². The van der Waals surface area contributed by atoms with Crippen LogP contribution < -0.4 is 14.5 Å². The van der Waals surface area contributed by atoms with Gasteiger partial charge >= 0.3 is 12.0 Å². The number of rotatable bonds is 6. The fourth-order valence-corrected chi connectivity index (χ4v) is 5.52. The molecule has 0 fully saturated rings. The zero-order chi connectivity index (χ0) is 22.8. The first-order valence-corrected chi connectivity index (χ1v) is 11.6. The first kappa shape index (κ1) is 23.2. The summed E-state index contributed by atoms with van der Waals surface area (Å²) in [6.45, 7) is 1.50. The Bertz CT molecular complexity index is 1100. The van der Waals surface area contributed by atoms with E-state index in [0.717, 1.165) is 9.87 Å². The van der Waals surface area contributed by atoms with Gasteiger partial charge in [0.1, 0.15) is 6.61 Å². The fraction of sp³-hybridized carbons (Fsp3) is 0.300. The highest BCUT2D eigenvalue weighted by molar-refractivity contribution is 7.92. The molecule has 0 saturated carbocycles. The lowest BCUT2D eigenvalue weighted by Crippen LogP contribution is -2.36. The first-order valence-electron chi connectivity index (χ1n) is 9.38. The lowest BCUT2D eigenvalue weighted by Gasteiger charge is -2.25. The van der Waals surface area contributed by atoms with Crippen molar-refractivity contribution < 1.29 is 22.7 Å². The highest BCUT2D eigenvalue weighted by Gasteiger charge is 2.29. The van der Waals surface area contributed by atoms with Crippen LogP contribution in [-0.2, 0) is 26.0 Å². The number of halogens is 2. The lowest BCUT2D eigenvalue weighted by molar-refractivity contribution is -0.140. The average molecular weight is 486 g/mol. The van der Waals surface area contributed by atoms with E-state index < -0.39 is 16.0 Å². The van der Waals surface area contributed by atoms with Crippen molar-refractivity contribution in [3.8, 4) is 0 Å². The maximum absolute atomic E-state index is 13.4. The predicted molar refractivity (Wildman–Crippen MR) is 120 cm³/mol. The maximum atomic E-state index is 13.4. The topological polar surface area (TPSA) is 96.0 Å². The van der Waals surface area contributed by atoms with Crippen LogP contribution in [0.4, 0.5) is 16.2 Å². The number of nitrogens with one attached hydrogen (secondary N) is 1. The van der Waals surface area contributed by atoms with E-state index in [0.29, 0.717) is 24.3 Å². The van der Waals surface area contributed by atoms with Crippen molar-refractivity contribution in [3.63, 3.8) is 0 Å². The van der Waals surface area contributed by atoms with E-state index >= 15 is 0 Å². The Morgan fingerprint density at radius 3 is 2.45 bits per heavy atom. The van der Waals surface area contributed by atoms with Gasteiger partial charge in [0.25, 0.3) is 10.0 Å². The monoisotopic (exact) mass is 485 g/mol. The van der Waals surface area contributed by atoms with Gasteiger partial charge in [0.05, 0.1) is 17.1 Å². The second-order valence-corrected chi connectivity index (χ2v) is 9.53. The van der Waals surface area contributed by atoms with Gasteiger partial charge in [-0.25, -0.2) is 13.2 Å². The smallest absolute Gasteiger partial charge is 0.321 e. The summed E-state index contributed by atoms with van der Waals surface area (Å²) >= 11 is 12.0. The summed E-state index contributed by atoms with van der Waals surface area (Å²) in [5, 5.41) is 2.95. The third-order valence-corrected chi connectivity index (χ3v) is 6.97. The predicted octanol–water partition coefficient (Wildman–Crippen LogP) is 3.45. The molecule has 0 radical (unpaired) electrons. The van der Waals surface area contributed by atoms with Crippen LogP contribution in [-0.4, -0.2) is 47.2 Å². The Labute approximate surface area is 190 Å². The van der Waals surface area contributed by atoms with Crippen molar-refractivity contribution in [1.29, 1.82) is 0 Å². The molecule has 1 N–H and O–H groups in total. The highest BCUT2D eigenvalue weighted by Crippen LogP contribution is 2.34. The van der Waals surface area contributed by atoms with Gasteiger partial charge in [0.15, 0.2) is 0 Å². The summed E-state index contributed by atoms with van der Waals surface area (Å²) in [7, 11) is -2.52. The lowest BCUT2D eigenvalue weighted by atomic mass is 10.1. The highest BCUT2D eigenvalue weighted by atomic mass is 35.5. The number of amides is 2. The number of fused-ring (bicyclic) bond motifs is 1. The summed E-state index contributed by atoms with van der Waals surface area (Å²) in [5.41, 5.74) is 1.92. The van der Waals surface area contributed by atoms with Crippen LogP contribution in [0.3, 0.4) is 0 Å². The normalized spacial score (nSPS) is 13.0. The number of hydrogen-bond acceptors (Lipinski definition) is 5. The minimum atomic E-state index is -4.07. The third-order valence-electron chi connectivity index (χ3n) is 4.73. The van der Waals surface area contributed by atoms with E-state index in [9.17, 15) is 18.0 Å². The van der Waals surface area contributed by atoms with Gasteiger partial charge in [0.2, 0.25) is 0 Å². The molecular weight excluding hydrogens is 465 g/mol. The van der Waals surface area contributed by atoms with Crippen LogP contribution in [0.5, 0.6) is 0 Å². The number of ether oxygens (including phenoxy) is 1. The van der Waals surface area contributed by atoms with E-state index in [-0.39, 0.29) is 34.1 Å². The maximum Gasteiger partial charge on any atom is 0.321 e. The molecule has 3 rings (SSSR count). The van der Waals surface area contributed by atoms with Crippen LogP contribution in [0.2, 0.25) is 10.0 Å². The standard InChI is InChI=1S/C20H21Cl2N3O5S/c1-13(26)30-8-7-25(31(28,29)18-11-15(21)10-16(22)12-18)17-3-4-19-14(9-17)5-6-24(19)20(27)23-2/h3-4,9-12H,5-8H2,1-2H3,(H,23,27). The molecule has 0 atom stereocenters. The van der Waals surface area contributed by atoms with Gasteiger partial charge in [0, 0.05) is 36.2 Å². The molecule has 1 aliphatic heterocycles. The van der Waals surface area contributed by atoms with Crippen molar-refractivity contribution in [1.82, 2.24) is 5.32 Å². The van der Waals surface area contributed by atoms with Gasteiger partial charge in [-0.2, -0.15) is 0 Å². The van der Waals surface area contributed by atoms with E-state index in [4.69, 9.17) is 27.9 Å². The Kier molecular flexibility index (Phi) is 6.98. The molecule has 11 heteroatoms. The van der Waals surface area contributed by atoms with Crippen LogP contribution in [0, 0.1) is 0 Å². The van der Waals surface area contributed by atoms with Gasteiger partial charge < -0.3 is 10.1 Å². The van der Waals surface area contributed by atoms with Crippen molar-refractivity contribution in [2.24, 2.45) is 0 Å². The summed E-state index contributed by atoms with van der Waals surface area (Å²) < 4.78 is 33.0. The number of anilines is 2. The fourth-order valence-electron chi connectivity index (χ4n) is 3.35. The Hall–Kier alpha value is -2.49. The number of hydrogen-bond donors (Lipinski definition) is 1. The van der Waals surface area contributed by atoms with E-state index in [2.05, 4.69) is 5.32 Å². The number of urea groups is 1. The zero-order valence-corrected chi connectivity index (χ0v) is 19.2. The average Bonchev–Trinajstić information content (AvgIpc) is 3.12. The summed E-state index contributed by atoms with van der Waals surface area (Å²) in [4.78, 5) is 24.7. The van der Waals surface area contributed by atoms with Gasteiger partial charge in [-0.1, -0.05) is 23.2 Å². The number of carbonyl (C=O) groups excluding carboxylic acids is 2. The van der Waals surface area contributed by atoms with E-state index in [1.807, 2.05) is 0 Å². The number of benzene rings is 2. The summed E-state index contributed by atoms with van der Waals surface area (Å²) in [6.07, 6.45) is 0.581. The molecular formula is C20H21Cl2N3O5S. The Morgan fingerprint density at radius 2 is 1.84 bits per heavy atom. The molecule has 1 heterocycles. The number of nitrogens with zero attached hydrogens (tertiary/aromatic N) is 2. The first-order chi connectivity index (χ1) is 14.6. The van der Waals surface area contributed by atoms with E-state index in [1.165, 1.54) is 25.1 Å². The number of carbonyl (C=O) groups is 2. The van der Waals surface area contributed by atoms with Crippen molar-refractivity contribution >= 4 is 56.6 Å². The Morgan fingerprint density at radius 1 is 1.16 bits per heavy atom. The molecule has 2 aromatic rings. The number of sulfonamides is 1. The largest absolute Gasteiger partial charge is 0.464 e. The molecule has 31 heavy (non-hydrogen) atoms. The molecule has 2 amide bonds. The zero-order valence-electron chi connectivity index (χ0n) is 16.9. The molecule has 0 saturated heterocycles. The molecule has 0 bridgehead atoms. The second-order valence-electron chi connectivity index (χ2n) is 6.79. The van der Waals surface area contributed by atoms with Crippen molar-refractivity contribution in [2.45, 2.75) is 18.2 Å². The molecule has 0 aromatic heterocycles. The SMILES string of the molecule is CNC(=O)N1CCc2cc(N(CCOC(C)=O)S(=O)(=O)c3cc(Cl)cc(Cl)c3)ccc21. The van der Waals surface area contributed by atoms with Crippen molar-refractivity contribution in [3.05, 3.63) is 52.0 Å². The summed E-state index contributed by atoms with van der Waals surface area (Å²) in [6, 6.07) is 8.84. The van der Waals surface area contributed by atoms with Crippen molar-refractivity contribution in [2.75, 3.05) is 35.9 Å². The molecule has 166 valence electrons. The second kappa shape index (κ2) is 9.33. The quantitative estimate of drug-likeness (QED) is 0.631. The van der Waals surface area contributed by atoms with Gasteiger partial charge in [-0.05, 0) is 48.4 Å². The van der Waals surface area contributed by atoms with Crippen LogP contribution >= 0.6 is 23.2 Å². The minimum absolute atomic E-state index is 0.0830. The minimum Gasteiger partial charge on any atom is -0.464 e.